The topological polar surface area (TPSA) is 71.5 Å². The van der Waals surface area contributed by atoms with Gasteiger partial charge in [-0.3, -0.25) is 10.1 Å². The van der Waals surface area contributed by atoms with Crippen molar-refractivity contribution in [2.24, 2.45) is 0 Å². The Bertz CT molecular complexity index is 522. The van der Waals surface area contributed by atoms with Crippen LogP contribution >= 0.6 is 0 Å². The van der Waals surface area contributed by atoms with Gasteiger partial charge in [-0.05, 0) is 51.7 Å². The molecule has 0 aromatic carbocycles. The van der Waals surface area contributed by atoms with Gasteiger partial charge in [0.25, 0.3) is 0 Å². The third-order valence-corrected chi connectivity index (χ3v) is 3.48. The number of amides is 2. The van der Waals surface area contributed by atoms with Crippen LogP contribution < -0.4 is 5.32 Å². The number of likely N-dealkylation sites (tertiary alicyclic amines) is 1. The van der Waals surface area contributed by atoms with Crippen LogP contribution in [0.1, 0.15) is 51.6 Å². The first-order chi connectivity index (χ1) is 10.4. The lowest BCUT2D eigenvalue weighted by molar-refractivity contribution is -0.121. The summed E-state index contributed by atoms with van der Waals surface area (Å²) in [7, 11) is 0. The van der Waals surface area contributed by atoms with Gasteiger partial charge in [0.05, 0.1) is 6.04 Å². The van der Waals surface area contributed by atoms with E-state index in [0.29, 0.717) is 5.82 Å². The van der Waals surface area contributed by atoms with Crippen molar-refractivity contribution in [3.63, 3.8) is 0 Å². The van der Waals surface area contributed by atoms with Crippen LogP contribution in [0.2, 0.25) is 0 Å². The minimum atomic E-state index is -0.545. The van der Waals surface area contributed by atoms with Gasteiger partial charge in [-0.25, -0.2) is 9.78 Å². The third-order valence-electron chi connectivity index (χ3n) is 3.48. The molecule has 0 saturated carbocycles. The van der Waals surface area contributed by atoms with Crippen molar-refractivity contribution < 1.29 is 14.3 Å². The number of pyridine rings is 1. The zero-order valence-electron chi connectivity index (χ0n) is 13.3. The summed E-state index contributed by atoms with van der Waals surface area (Å²) in [5.74, 6) is 0.437. The van der Waals surface area contributed by atoms with Crippen molar-refractivity contribution in [2.45, 2.75) is 51.7 Å². The maximum atomic E-state index is 11.7. The third kappa shape index (κ3) is 4.44. The molecule has 2 heterocycles. The fourth-order valence-electron chi connectivity index (χ4n) is 2.52. The highest BCUT2D eigenvalue weighted by atomic mass is 16.6. The van der Waals surface area contributed by atoms with E-state index in [4.69, 9.17) is 4.74 Å². The number of ether oxygens (including phenoxy) is 1. The number of nitrogens with zero attached hydrogens (tertiary/aromatic N) is 2. The van der Waals surface area contributed by atoms with Gasteiger partial charge in [-0.1, -0.05) is 6.07 Å². The number of nitrogens with one attached hydrogen (secondary N) is 1. The summed E-state index contributed by atoms with van der Waals surface area (Å²) >= 11 is 0. The van der Waals surface area contributed by atoms with E-state index < -0.39 is 11.7 Å². The van der Waals surface area contributed by atoms with Crippen molar-refractivity contribution in [2.75, 3.05) is 11.9 Å². The molecule has 1 N–H and O–H groups in total. The first kappa shape index (κ1) is 16.3. The minimum absolute atomic E-state index is 0.0781. The molecule has 0 radical (unpaired) electrons. The SMILES string of the molecule is CC(C)(C)OC(=O)Nc1ccc([C@@H]2CCCCN2C=O)cn1. The van der Waals surface area contributed by atoms with E-state index in [2.05, 4.69) is 10.3 Å². The van der Waals surface area contributed by atoms with Gasteiger partial charge in [0.2, 0.25) is 6.41 Å². The average Bonchev–Trinajstić information content (AvgIpc) is 2.46. The number of carbonyl (C=O) groups excluding carboxylic acids is 2. The van der Waals surface area contributed by atoms with Crippen molar-refractivity contribution in [1.29, 1.82) is 0 Å². The maximum Gasteiger partial charge on any atom is 0.413 e. The molecule has 0 spiro atoms. The highest BCUT2D eigenvalue weighted by Crippen LogP contribution is 2.29. The number of rotatable bonds is 3. The molecule has 1 atom stereocenters. The first-order valence-corrected chi connectivity index (χ1v) is 7.56. The Morgan fingerprint density at radius 3 is 2.77 bits per heavy atom. The van der Waals surface area contributed by atoms with Crippen molar-refractivity contribution >= 4 is 18.3 Å². The van der Waals surface area contributed by atoms with E-state index in [1.54, 1.807) is 33.0 Å². The van der Waals surface area contributed by atoms with Gasteiger partial charge < -0.3 is 9.64 Å². The summed E-state index contributed by atoms with van der Waals surface area (Å²) in [6.45, 7) is 6.20. The Balaban J connectivity index is 2.00. The Morgan fingerprint density at radius 2 is 2.18 bits per heavy atom. The lowest BCUT2D eigenvalue weighted by Gasteiger charge is -2.32. The van der Waals surface area contributed by atoms with E-state index in [1.165, 1.54) is 0 Å². The number of hydrogen-bond acceptors (Lipinski definition) is 4. The molecule has 6 heteroatoms. The molecule has 2 amide bonds. The van der Waals surface area contributed by atoms with Crippen molar-refractivity contribution in [1.82, 2.24) is 9.88 Å². The van der Waals surface area contributed by atoms with E-state index in [-0.39, 0.29) is 6.04 Å². The molecule has 1 aliphatic rings. The summed E-state index contributed by atoms with van der Waals surface area (Å²) in [5, 5.41) is 2.60. The summed E-state index contributed by atoms with van der Waals surface area (Å²) in [6, 6.07) is 3.71. The molecular formula is C16H23N3O3. The standard InChI is InChI=1S/C16H23N3O3/c1-16(2,3)22-15(21)18-14-8-7-12(10-17-14)13-6-4-5-9-19(13)11-20/h7-8,10-11,13H,4-6,9H2,1-3H3,(H,17,18,21)/t13-/m0/s1. The number of hydrogen-bond donors (Lipinski definition) is 1. The van der Waals surface area contributed by atoms with Gasteiger partial charge in [0.1, 0.15) is 11.4 Å². The van der Waals surface area contributed by atoms with Crippen LogP contribution in [0.15, 0.2) is 18.3 Å². The maximum absolute atomic E-state index is 11.7. The van der Waals surface area contributed by atoms with Crippen molar-refractivity contribution in [3.8, 4) is 0 Å². The molecule has 6 nitrogen and oxygen atoms in total. The Labute approximate surface area is 130 Å². The molecule has 1 aliphatic heterocycles. The molecule has 1 aromatic rings. The fraction of sp³-hybridized carbons (Fsp3) is 0.562. The normalized spacial score (nSPS) is 18.7. The molecule has 1 fully saturated rings. The van der Waals surface area contributed by atoms with Crippen LogP contribution in [-0.2, 0) is 9.53 Å². The number of carbonyl (C=O) groups is 2. The Morgan fingerprint density at radius 1 is 1.41 bits per heavy atom. The van der Waals surface area contributed by atoms with E-state index in [1.807, 2.05) is 11.0 Å². The van der Waals surface area contributed by atoms with E-state index in [9.17, 15) is 9.59 Å². The lowest BCUT2D eigenvalue weighted by Crippen LogP contribution is -2.32. The number of aromatic nitrogens is 1. The highest BCUT2D eigenvalue weighted by Gasteiger charge is 2.23. The van der Waals surface area contributed by atoms with Crippen molar-refractivity contribution in [3.05, 3.63) is 23.9 Å². The molecule has 22 heavy (non-hydrogen) atoms. The zero-order valence-corrected chi connectivity index (χ0v) is 13.3. The minimum Gasteiger partial charge on any atom is -0.444 e. The smallest absolute Gasteiger partial charge is 0.413 e. The predicted octanol–water partition coefficient (Wildman–Crippen LogP) is 3.11. The second kappa shape index (κ2) is 6.77. The summed E-state index contributed by atoms with van der Waals surface area (Å²) < 4.78 is 5.18. The van der Waals surface area contributed by atoms with Gasteiger partial charge >= 0.3 is 6.09 Å². The predicted molar refractivity (Wildman–Crippen MR) is 83.5 cm³/mol. The van der Waals surface area contributed by atoms with Gasteiger partial charge in [-0.2, -0.15) is 0 Å². The van der Waals surface area contributed by atoms with Crippen LogP contribution in [-0.4, -0.2) is 34.5 Å². The second-order valence-corrected chi connectivity index (χ2v) is 6.46. The van der Waals surface area contributed by atoms with Crippen LogP contribution in [0.5, 0.6) is 0 Å². The van der Waals surface area contributed by atoms with Crippen LogP contribution in [0.4, 0.5) is 10.6 Å². The average molecular weight is 305 g/mol. The van der Waals surface area contributed by atoms with Gasteiger partial charge in [0.15, 0.2) is 0 Å². The van der Waals surface area contributed by atoms with E-state index in [0.717, 1.165) is 37.8 Å². The molecule has 1 aromatic heterocycles. The lowest BCUT2D eigenvalue weighted by atomic mass is 9.97. The molecule has 0 bridgehead atoms. The van der Waals surface area contributed by atoms with Crippen LogP contribution in [0, 0.1) is 0 Å². The molecule has 0 aliphatic carbocycles. The monoisotopic (exact) mass is 305 g/mol. The first-order valence-electron chi connectivity index (χ1n) is 7.56. The summed E-state index contributed by atoms with van der Waals surface area (Å²) in [4.78, 5) is 28.9. The molecule has 2 rings (SSSR count). The highest BCUT2D eigenvalue weighted by molar-refractivity contribution is 5.83. The zero-order chi connectivity index (χ0) is 16.2. The van der Waals surface area contributed by atoms with Gasteiger partial charge in [-0.15, -0.1) is 0 Å². The Hall–Kier alpha value is -2.11. The molecular weight excluding hydrogens is 282 g/mol. The van der Waals surface area contributed by atoms with Gasteiger partial charge in [0, 0.05) is 12.7 Å². The van der Waals surface area contributed by atoms with Crippen LogP contribution in [0.25, 0.3) is 0 Å². The largest absolute Gasteiger partial charge is 0.444 e. The molecule has 1 saturated heterocycles. The number of piperidine rings is 1. The fourth-order valence-corrected chi connectivity index (χ4v) is 2.52. The second-order valence-electron chi connectivity index (χ2n) is 6.46. The molecule has 120 valence electrons. The summed E-state index contributed by atoms with van der Waals surface area (Å²) in [5.41, 5.74) is 0.442. The quantitative estimate of drug-likeness (QED) is 0.871. The number of anilines is 1. The van der Waals surface area contributed by atoms with Crippen LogP contribution in [0.3, 0.4) is 0 Å². The summed E-state index contributed by atoms with van der Waals surface area (Å²) in [6.07, 6.45) is 5.17. The molecule has 0 unspecified atom stereocenters. The Kier molecular flexibility index (Phi) is 5.00. The van der Waals surface area contributed by atoms with E-state index >= 15 is 0 Å².